The number of nitrogens with zero attached hydrogens (tertiary/aromatic N) is 3. The fourth-order valence-electron chi connectivity index (χ4n) is 7.88. The number of hydrogen-bond acceptors (Lipinski definition) is 5. The van der Waals surface area contributed by atoms with Gasteiger partial charge in [-0.1, -0.05) is 87.6 Å². The van der Waals surface area contributed by atoms with Gasteiger partial charge in [-0.25, -0.2) is 0 Å². The molecule has 0 bridgehead atoms. The summed E-state index contributed by atoms with van der Waals surface area (Å²) in [6.45, 7) is 7.63. The van der Waals surface area contributed by atoms with Gasteiger partial charge in [0.05, 0.1) is 0 Å². The lowest BCUT2D eigenvalue weighted by atomic mass is 9.78. The summed E-state index contributed by atoms with van der Waals surface area (Å²) in [6.07, 6.45) is 10.3. The molecule has 2 aromatic carbocycles. The van der Waals surface area contributed by atoms with Crippen molar-refractivity contribution in [2.45, 2.75) is 121 Å². The van der Waals surface area contributed by atoms with Crippen LogP contribution in [0.2, 0.25) is 0 Å². The highest BCUT2D eigenvalue weighted by molar-refractivity contribution is 7.10. The van der Waals surface area contributed by atoms with Crippen LogP contribution in [0.3, 0.4) is 0 Å². The molecule has 0 radical (unpaired) electrons. The maximum Gasteiger partial charge on any atom is 0.246 e. The minimum Gasteiger partial charge on any atom is -0.341 e. The van der Waals surface area contributed by atoms with Crippen LogP contribution >= 0.6 is 11.3 Å². The van der Waals surface area contributed by atoms with Gasteiger partial charge in [0.25, 0.3) is 0 Å². The maximum absolute atomic E-state index is 14.8. The maximum atomic E-state index is 14.8. The summed E-state index contributed by atoms with van der Waals surface area (Å²) in [5, 5.41) is 4.37. The Hall–Kier alpha value is -3.23. The molecule has 2 atom stereocenters. The van der Waals surface area contributed by atoms with E-state index in [0.29, 0.717) is 44.7 Å². The first-order valence-corrected chi connectivity index (χ1v) is 19.3. The van der Waals surface area contributed by atoms with E-state index in [-0.39, 0.29) is 28.7 Å². The molecule has 2 N–H and O–H groups in total. The first-order chi connectivity index (χ1) is 23.3. The number of likely N-dealkylation sites (N-methyl/N-ethyl adjacent to an activating group) is 2. The number of thiophene rings is 1. The Labute approximate surface area is 298 Å². The summed E-state index contributed by atoms with van der Waals surface area (Å²) in [6, 6.07) is 17.5. The summed E-state index contributed by atoms with van der Waals surface area (Å²) in [4.78, 5) is 49.7. The molecule has 2 fully saturated rings. The quantitative estimate of drug-likeness (QED) is 0.201. The molecular weight excluding hydrogens is 629 g/mol. The van der Waals surface area contributed by atoms with E-state index in [4.69, 9.17) is 5.73 Å². The van der Waals surface area contributed by atoms with Crippen LogP contribution in [0.15, 0.2) is 60.0 Å². The van der Waals surface area contributed by atoms with E-state index in [1.54, 1.807) is 35.2 Å². The Morgan fingerprint density at radius 2 is 1.63 bits per heavy atom. The largest absolute Gasteiger partial charge is 0.341 e. The Morgan fingerprint density at radius 1 is 0.939 bits per heavy atom. The van der Waals surface area contributed by atoms with E-state index in [0.717, 1.165) is 48.4 Å². The zero-order valence-electron chi connectivity index (χ0n) is 30.5. The fraction of sp³-hybridized carbons (Fsp3) is 0.585. The third-order valence-electron chi connectivity index (χ3n) is 11.3. The molecule has 266 valence electrons. The Kier molecular flexibility index (Phi) is 12.2. The minimum atomic E-state index is -0.727. The highest BCUT2D eigenvalue weighted by Crippen LogP contribution is 2.38. The number of piperidine rings is 1. The first-order valence-electron chi connectivity index (χ1n) is 18.5. The molecule has 5 rings (SSSR count). The third kappa shape index (κ3) is 9.52. The monoisotopic (exact) mass is 686 g/mol. The highest BCUT2D eigenvalue weighted by atomic mass is 32.1. The van der Waals surface area contributed by atoms with E-state index in [9.17, 15) is 14.4 Å². The predicted molar refractivity (Wildman–Crippen MR) is 202 cm³/mol. The fourth-order valence-corrected chi connectivity index (χ4v) is 8.83. The number of carbonyl (C=O) groups is 3. The van der Waals surface area contributed by atoms with Gasteiger partial charge in [0.15, 0.2) is 0 Å². The molecule has 1 saturated carbocycles. The lowest BCUT2D eigenvalue weighted by Gasteiger charge is -2.42. The van der Waals surface area contributed by atoms with Crippen LogP contribution in [0.4, 0.5) is 0 Å². The molecule has 1 aromatic heterocycles. The third-order valence-corrected chi connectivity index (χ3v) is 12.5. The SMILES string of the molecule is CN(C(=O)CCCC(C)(C)N)[C@H](Cc1ccc2ccccc2c1)C(=O)N(C)[C@H](CC1CCCCC1)C(=O)N1CCC(C)(c2cccs2)CC1. The number of rotatable bonds is 13. The molecule has 1 aliphatic heterocycles. The molecule has 1 aliphatic carbocycles. The second-order valence-electron chi connectivity index (χ2n) is 15.8. The lowest BCUT2D eigenvalue weighted by Crippen LogP contribution is -2.57. The number of fused-ring (bicyclic) bond motifs is 1. The predicted octanol–water partition coefficient (Wildman–Crippen LogP) is 7.56. The van der Waals surface area contributed by atoms with E-state index in [2.05, 4.69) is 54.8 Å². The van der Waals surface area contributed by atoms with Gasteiger partial charge in [-0.15, -0.1) is 11.3 Å². The molecule has 2 heterocycles. The van der Waals surface area contributed by atoms with E-state index in [1.807, 2.05) is 30.9 Å². The molecule has 1 saturated heterocycles. The van der Waals surface area contributed by atoms with Crippen LogP contribution < -0.4 is 5.73 Å². The van der Waals surface area contributed by atoms with E-state index in [1.165, 1.54) is 24.1 Å². The Balaban J connectivity index is 1.39. The van der Waals surface area contributed by atoms with Gasteiger partial charge >= 0.3 is 0 Å². The minimum absolute atomic E-state index is 0.0539. The van der Waals surface area contributed by atoms with Crippen molar-refractivity contribution in [1.82, 2.24) is 14.7 Å². The van der Waals surface area contributed by atoms with E-state index >= 15 is 0 Å². The standard InChI is InChI=1S/C41H58N4O3S/c1-40(2,42)21-11-18-37(46)43(4)34(29-31-19-20-32-15-9-10-16-33(32)27-31)38(47)44(5)35(28-30-13-7-6-8-14-30)39(48)45-24-22-41(3,23-25-45)36-17-12-26-49-36/h9-10,12,15-17,19-20,26-27,30,34-35H,6-8,11,13-14,18,21-25,28-29,42H2,1-5H3/t34-,35-/m1/s1. The van der Waals surface area contributed by atoms with Crippen LogP contribution in [-0.4, -0.2) is 77.2 Å². The van der Waals surface area contributed by atoms with Gasteiger partial charge < -0.3 is 20.4 Å². The van der Waals surface area contributed by atoms with Crippen LogP contribution in [0, 0.1) is 5.92 Å². The average Bonchev–Trinajstić information content (AvgIpc) is 3.65. The number of carbonyl (C=O) groups excluding carboxylic acids is 3. The van der Waals surface area contributed by atoms with Gasteiger partial charge in [0, 0.05) is 55.9 Å². The van der Waals surface area contributed by atoms with Gasteiger partial charge in [-0.3, -0.25) is 14.4 Å². The van der Waals surface area contributed by atoms with Gasteiger partial charge in [-0.2, -0.15) is 0 Å². The lowest BCUT2D eigenvalue weighted by molar-refractivity contribution is -0.151. The normalized spacial score (nSPS) is 18.2. The number of amides is 3. The topological polar surface area (TPSA) is 87.0 Å². The smallest absolute Gasteiger partial charge is 0.246 e. The molecule has 0 spiro atoms. The summed E-state index contributed by atoms with van der Waals surface area (Å²) < 4.78 is 0. The van der Waals surface area contributed by atoms with Crippen LogP contribution in [-0.2, 0) is 26.2 Å². The van der Waals surface area contributed by atoms with E-state index < -0.39 is 12.1 Å². The molecule has 3 amide bonds. The average molecular weight is 687 g/mol. The molecule has 8 heteroatoms. The molecular formula is C41H58N4O3S. The van der Waals surface area contributed by atoms with Crippen molar-refractivity contribution >= 4 is 39.8 Å². The Morgan fingerprint density at radius 3 is 2.29 bits per heavy atom. The zero-order valence-corrected chi connectivity index (χ0v) is 31.3. The number of nitrogens with two attached hydrogens (primary N) is 1. The van der Waals surface area contributed by atoms with Crippen molar-refractivity contribution < 1.29 is 14.4 Å². The van der Waals surface area contributed by atoms with Crippen molar-refractivity contribution in [3.63, 3.8) is 0 Å². The van der Waals surface area contributed by atoms with Crippen LogP contribution in [0.5, 0.6) is 0 Å². The Bertz CT molecular complexity index is 1550. The molecule has 7 nitrogen and oxygen atoms in total. The number of likely N-dealkylation sites (tertiary alicyclic amines) is 1. The first kappa shape index (κ1) is 37.0. The van der Waals surface area contributed by atoms with Gasteiger partial charge in [0.2, 0.25) is 17.7 Å². The summed E-state index contributed by atoms with van der Waals surface area (Å²) >= 11 is 1.80. The molecule has 49 heavy (non-hydrogen) atoms. The van der Waals surface area contributed by atoms with Crippen molar-refractivity contribution in [2.75, 3.05) is 27.2 Å². The molecule has 3 aromatic rings. The summed E-state index contributed by atoms with van der Waals surface area (Å²) in [5.41, 5.74) is 6.91. The van der Waals surface area contributed by atoms with Crippen molar-refractivity contribution in [3.05, 3.63) is 70.4 Å². The van der Waals surface area contributed by atoms with Crippen molar-refractivity contribution in [3.8, 4) is 0 Å². The second kappa shape index (κ2) is 16.2. The second-order valence-corrected chi connectivity index (χ2v) is 16.8. The summed E-state index contributed by atoms with van der Waals surface area (Å²) in [5.74, 6) is 0.226. The van der Waals surface area contributed by atoms with Crippen LogP contribution in [0.25, 0.3) is 10.8 Å². The van der Waals surface area contributed by atoms with Crippen LogP contribution in [0.1, 0.15) is 102 Å². The highest BCUT2D eigenvalue weighted by Gasteiger charge is 2.40. The zero-order chi connectivity index (χ0) is 35.2. The number of hydrogen-bond donors (Lipinski definition) is 1. The summed E-state index contributed by atoms with van der Waals surface area (Å²) in [7, 11) is 3.55. The van der Waals surface area contributed by atoms with Crippen molar-refractivity contribution in [1.29, 1.82) is 0 Å². The van der Waals surface area contributed by atoms with Gasteiger partial charge in [-0.05, 0) is 79.7 Å². The van der Waals surface area contributed by atoms with Gasteiger partial charge in [0.1, 0.15) is 12.1 Å². The molecule has 2 aliphatic rings. The van der Waals surface area contributed by atoms with Crippen molar-refractivity contribution in [2.24, 2.45) is 11.7 Å². The number of benzene rings is 2. The molecule has 0 unspecified atom stereocenters.